The maximum atomic E-state index is 13.4. The second-order valence-corrected chi connectivity index (χ2v) is 9.93. The van der Waals surface area contributed by atoms with Crippen LogP contribution in [0.1, 0.15) is 18.1 Å². The Morgan fingerprint density at radius 2 is 1.59 bits per heavy atom. The average Bonchev–Trinajstić information content (AvgIpc) is 2.73. The lowest BCUT2D eigenvalue weighted by Gasteiger charge is -2.36. The summed E-state index contributed by atoms with van der Waals surface area (Å²) in [4.78, 5) is 17.3. The van der Waals surface area contributed by atoms with Crippen LogP contribution in [0.3, 0.4) is 0 Å². The van der Waals surface area contributed by atoms with Crippen molar-refractivity contribution in [2.24, 2.45) is 0 Å². The molecule has 3 rings (SSSR count). The van der Waals surface area contributed by atoms with Crippen LogP contribution in [0.15, 0.2) is 57.9 Å². The largest absolute Gasteiger partial charge is 0.334 e. The Kier molecular flexibility index (Phi) is 6.97. The van der Waals surface area contributed by atoms with Gasteiger partial charge in [0.25, 0.3) is 10.0 Å². The lowest BCUT2D eigenvalue weighted by Crippen LogP contribution is -2.53. The van der Waals surface area contributed by atoms with Crippen molar-refractivity contribution in [2.45, 2.75) is 25.3 Å². The van der Waals surface area contributed by atoms with E-state index in [4.69, 9.17) is 0 Å². The van der Waals surface area contributed by atoms with Gasteiger partial charge in [0.1, 0.15) is 0 Å². The molecule has 1 aliphatic rings. The van der Waals surface area contributed by atoms with Crippen LogP contribution in [0, 0.1) is 6.92 Å². The summed E-state index contributed by atoms with van der Waals surface area (Å²) in [5.74, 6) is 0. The summed E-state index contributed by atoms with van der Waals surface area (Å²) in [6, 6.07) is 13.5. The van der Waals surface area contributed by atoms with Gasteiger partial charge in [-0.25, -0.2) is 17.5 Å². The van der Waals surface area contributed by atoms with E-state index in [1.807, 2.05) is 31.2 Å². The molecule has 6 nitrogen and oxygen atoms in total. The number of urea groups is 1. The highest BCUT2D eigenvalue weighted by Crippen LogP contribution is 2.22. The number of benzene rings is 2. The van der Waals surface area contributed by atoms with Gasteiger partial charge < -0.3 is 9.80 Å². The minimum Gasteiger partial charge on any atom is -0.321 e. The predicted octanol–water partition coefficient (Wildman–Crippen LogP) is 3.71. The highest BCUT2D eigenvalue weighted by atomic mass is 79.9. The molecule has 0 aromatic heterocycles. The van der Waals surface area contributed by atoms with Gasteiger partial charge in [-0.3, -0.25) is 0 Å². The van der Waals surface area contributed by atoms with Crippen LogP contribution >= 0.6 is 15.9 Å². The van der Waals surface area contributed by atoms with Crippen molar-refractivity contribution in [1.29, 1.82) is 0 Å². The van der Waals surface area contributed by atoms with Crippen LogP contribution < -0.4 is 0 Å². The second-order valence-electron chi connectivity index (χ2n) is 7.16. The molecule has 1 heterocycles. The fourth-order valence-electron chi connectivity index (χ4n) is 3.26. The number of carbonyl (C=O) groups is 1. The Morgan fingerprint density at radius 1 is 1.00 bits per heavy atom. The lowest BCUT2D eigenvalue weighted by molar-refractivity contribution is 0.129. The van der Waals surface area contributed by atoms with Crippen LogP contribution in [0.4, 0.5) is 4.79 Å². The van der Waals surface area contributed by atoms with Crippen LogP contribution in [0.5, 0.6) is 0 Å². The highest BCUT2D eigenvalue weighted by Gasteiger charge is 2.34. The van der Waals surface area contributed by atoms with E-state index in [0.717, 1.165) is 39.5 Å². The van der Waals surface area contributed by atoms with Gasteiger partial charge in [-0.15, -0.1) is 0 Å². The first kappa shape index (κ1) is 21.8. The monoisotopic (exact) mass is 479 g/mol. The maximum absolute atomic E-state index is 13.4. The van der Waals surface area contributed by atoms with Crippen molar-refractivity contribution in [3.05, 3.63) is 64.1 Å². The number of hydrogen-bond donors (Lipinski definition) is 0. The molecule has 0 unspecified atom stereocenters. The van der Waals surface area contributed by atoms with Crippen molar-refractivity contribution in [3.63, 3.8) is 0 Å². The number of sulfonamides is 1. The zero-order chi connectivity index (χ0) is 21.0. The molecular weight excluding hydrogens is 454 g/mol. The van der Waals surface area contributed by atoms with Crippen LogP contribution in [0.25, 0.3) is 0 Å². The number of halogens is 1. The summed E-state index contributed by atoms with van der Waals surface area (Å²) in [6.45, 7) is 7.44. The Bertz CT molecular complexity index is 938. The number of hydrogen-bond acceptors (Lipinski definition) is 4. The molecule has 29 heavy (non-hydrogen) atoms. The zero-order valence-electron chi connectivity index (χ0n) is 16.7. The van der Waals surface area contributed by atoms with E-state index in [2.05, 4.69) is 27.8 Å². The van der Waals surface area contributed by atoms with Gasteiger partial charge in [-0.2, -0.15) is 0 Å². The normalized spacial score (nSPS) is 15.3. The van der Waals surface area contributed by atoms with E-state index in [0.29, 0.717) is 13.1 Å². The van der Waals surface area contributed by atoms with E-state index in [-0.39, 0.29) is 11.4 Å². The lowest BCUT2D eigenvalue weighted by atomic mass is 10.2. The Morgan fingerprint density at radius 3 is 2.14 bits per heavy atom. The molecule has 0 aliphatic carbocycles. The first-order valence-corrected chi connectivity index (χ1v) is 11.9. The molecule has 1 saturated heterocycles. The minimum atomic E-state index is -3.98. The van der Waals surface area contributed by atoms with Crippen molar-refractivity contribution in [3.8, 4) is 0 Å². The molecule has 1 aliphatic heterocycles. The number of piperazine rings is 1. The summed E-state index contributed by atoms with van der Waals surface area (Å²) < 4.78 is 28.7. The quantitative estimate of drug-likeness (QED) is 0.655. The molecule has 1 fully saturated rings. The van der Waals surface area contributed by atoms with Gasteiger partial charge in [-0.05, 0) is 43.3 Å². The van der Waals surface area contributed by atoms with E-state index < -0.39 is 16.1 Å². The maximum Gasteiger partial charge on any atom is 0.334 e. The first-order chi connectivity index (χ1) is 13.8. The Labute approximate surface area is 181 Å². The molecule has 8 heteroatoms. The van der Waals surface area contributed by atoms with E-state index in [1.54, 1.807) is 29.2 Å². The number of likely N-dealkylation sites (N-methyl/N-ethyl adjacent to an activating group) is 1. The van der Waals surface area contributed by atoms with Gasteiger partial charge in [0, 0.05) is 30.7 Å². The number of nitrogens with zero attached hydrogens (tertiary/aromatic N) is 3. The zero-order valence-corrected chi connectivity index (χ0v) is 19.1. The fraction of sp³-hybridized carbons (Fsp3) is 0.381. The molecule has 0 bridgehead atoms. The SMILES string of the molecule is CCN1CCN(C(=O)N(Cc2ccc(Br)cc2)S(=O)(=O)c2ccc(C)cc2)CC1. The summed E-state index contributed by atoms with van der Waals surface area (Å²) in [5.41, 5.74) is 1.72. The van der Waals surface area contributed by atoms with E-state index in [9.17, 15) is 13.2 Å². The van der Waals surface area contributed by atoms with Crippen LogP contribution in [-0.2, 0) is 16.6 Å². The third-order valence-electron chi connectivity index (χ3n) is 5.15. The van der Waals surface area contributed by atoms with E-state index >= 15 is 0 Å². The smallest absolute Gasteiger partial charge is 0.321 e. The van der Waals surface area contributed by atoms with Gasteiger partial charge in [0.2, 0.25) is 0 Å². The molecule has 2 aromatic rings. The molecule has 0 spiro atoms. The molecule has 0 atom stereocenters. The number of amides is 2. The summed E-state index contributed by atoms with van der Waals surface area (Å²) in [6.07, 6.45) is 0. The third-order valence-corrected chi connectivity index (χ3v) is 7.41. The van der Waals surface area contributed by atoms with Gasteiger partial charge in [0.15, 0.2) is 0 Å². The first-order valence-electron chi connectivity index (χ1n) is 9.66. The summed E-state index contributed by atoms with van der Waals surface area (Å²) in [7, 11) is -3.98. The van der Waals surface area contributed by atoms with Gasteiger partial charge >= 0.3 is 6.03 Å². The van der Waals surface area contributed by atoms with Crippen molar-refractivity contribution >= 4 is 32.0 Å². The number of rotatable bonds is 5. The minimum absolute atomic E-state index is 0.00366. The van der Waals surface area contributed by atoms with Gasteiger partial charge in [-0.1, -0.05) is 52.7 Å². The van der Waals surface area contributed by atoms with E-state index in [1.165, 1.54) is 0 Å². The third kappa shape index (κ3) is 5.18. The summed E-state index contributed by atoms with van der Waals surface area (Å²) in [5, 5.41) is 0. The molecule has 0 radical (unpaired) electrons. The predicted molar refractivity (Wildman–Crippen MR) is 117 cm³/mol. The van der Waals surface area contributed by atoms with Gasteiger partial charge in [0.05, 0.1) is 11.4 Å². The fourth-order valence-corrected chi connectivity index (χ4v) is 4.90. The molecule has 156 valence electrons. The number of carbonyl (C=O) groups excluding carboxylic acids is 1. The second kappa shape index (κ2) is 9.28. The van der Waals surface area contributed by atoms with Crippen molar-refractivity contribution in [2.75, 3.05) is 32.7 Å². The standard InChI is InChI=1S/C21H26BrN3O3S/c1-3-23-12-14-24(15-13-23)21(26)25(16-18-6-8-19(22)9-7-18)29(27,28)20-10-4-17(2)5-11-20/h4-11H,3,12-16H2,1-2H3. The van der Waals surface area contributed by atoms with Crippen LogP contribution in [0.2, 0.25) is 0 Å². The Hall–Kier alpha value is -1.90. The summed E-state index contributed by atoms with van der Waals surface area (Å²) >= 11 is 3.39. The van der Waals surface area contributed by atoms with Crippen molar-refractivity contribution < 1.29 is 13.2 Å². The van der Waals surface area contributed by atoms with Crippen molar-refractivity contribution in [1.82, 2.24) is 14.1 Å². The highest BCUT2D eigenvalue weighted by molar-refractivity contribution is 9.10. The molecule has 0 N–H and O–H groups in total. The number of aryl methyl sites for hydroxylation is 1. The molecule has 0 saturated carbocycles. The molecule has 2 amide bonds. The molecule has 2 aromatic carbocycles. The Balaban J connectivity index is 1.91. The van der Waals surface area contributed by atoms with Crippen LogP contribution in [-0.4, -0.2) is 61.3 Å². The average molecular weight is 480 g/mol. The topological polar surface area (TPSA) is 60.9 Å². The molecular formula is C21H26BrN3O3S.